The largest absolute Gasteiger partial charge is 0.484 e. The van der Waals surface area contributed by atoms with Gasteiger partial charge in [-0.3, -0.25) is 4.79 Å². The average molecular weight is 359 g/mol. The third kappa shape index (κ3) is 5.13. The molecule has 0 unspecified atom stereocenters. The Hall–Kier alpha value is -2.24. The summed E-state index contributed by atoms with van der Waals surface area (Å²) < 4.78 is 5.59. The van der Waals surface area contributed by atoms with E-state index >= 15 is 0 Å². The lowest BCUT2D eigenvalue weighted by Gasteiger charge is -2.36. The Morgan fingerprint density at radius 1 is 1.08 bits per heavy atom. The van der Waals surface area contributed by atoms with E-state index in [-0.39, 0.29) is 18.5 Å². The van der Waals surface area contributed by atoms with Gasteiger partial charge in [-0.2, -0.15) is 0 Å². The molecule has 0 radical (unpaired) electrons. The standard InChI is InChI=1S/C20H29N3O3/c1-16-6-5-9-18(14-16)26-15-19(24)22-10-12-23(13-11-22)20(25)21-17-7-3-2-4-8-17/h5-6,9,14,17H,2-4,7-8,10-13,15H2,1H3,(H,21,25). The lowest BCUT2D eigenvalue weighted by molar-refractivity contribution is -0.134. The monoisotopic (exact) mass is 359 g/mol. The van der Waals surface area contributed by atoms with E-state index in [1.807, 2.05) is 36.1 Å². The first kappa shape index (κ1) is 18.5. The van der Waals surface area contributed by atoms with Crippen LogP contribution >= 0.6 is 0 Å². The van der Waals surface area contributed by atoms with Crippen molar-refractivity contribution in [2.45, 2.75) is 45.1 Å². The van der Waals surface area contributed by atoms with Crippen molar-refractivity contribution in [3.63, 3.8) is 0 Å². The lowest BCUT2D eigenvalue weighted by atomic mass is 9.96. The fourth-order valence-electron chi connectivity index (χ4n) is 3.61. The number of ether oxygens (including phenoxy) is 1. The van der Waals surface area contributed by atoms with Crippen LogP contribution in [0.5, 0.6) is 5.75 Å². The summed E-state index contributed by atoms with van der Waals surface area (Å²) >= 11 is 0. The summed E-state index contributed by atoms with van der Waals surface area (Å²) in [5.74, 6) is 0.683. The van der Waals surface area contributed by atoms with Crippen molar-refractivity contribution in [2.75, 3.05) is 32.8 Å². The molecule has 142 valence electrons. The number of hydrogen-bond donors (Lipinski definition) is 1. The van der Waals surface area contributed by atoms with Gasteiger partial charge in [-0.1, -0.05) is 31.4 Å². The van der Waals surface area contributed by atoms with Crippen LogP contribution in [0.4, 0.5) is 4.79 Å². The van der Waals surface area contributed by atoms with Crippen molar-refractivity contribution in [2.24, 2.45) is 0 Å². The molecule has 6 nitrogen and oxygen atoms in total. The maximum absolute atomic E-state index is 12.4. The number of carbonyl (C=O) groups is 2. The van der Waals surface area contributed by atoms with E-state index in [0.717, 1.165) is 18.4 Å². The molecule has 1 heterocycles. The summed E-state index contributed by atoms with van der Waals surface area (Å²) in [6.07, 6.45) is 5.85. The fraction of sp³-hybridized carbons (Fsp3) is 0.600. The summed E-state index contributed by atoms with van der Waals surface area (Å²) in [5.41, 5.74) is 1.10. The maximum atomic E-state index is 12.4. The van der Waals surface area contributed by atoms with Crippen LogP contribution in [0.25, 0.3) is 0 Å². The van der Waals surface area contributed by atoms with Crippen LogP contribution in [0, 0.1) is 6.92 Å². The van der Waals surface area contributed by atoms with Gasteiger partial charge in [-0.15, -0.1) is 0 Å². The Labute approximate surface area is 155 Å². The molecule has 1 aromatic rings. The van der Waals surface area contributed by atoms with Gasteiger partial charge in [-0.25, -0.2) is 4.79 Å². The summed E-state index contributed by atoms with van der Waals surface area (Å²) in [6, 6.07) is 8.01. The van der Waals surface area contributed by atoms with E-state index in [0.29, 0.717) is 38.0 Å². The molecule has 1 aromatic carbocycles. The first-order chi connectivity index (χ1) is 12.6. The van der Waals surface area contributed by atoms with Crippen LogP contribution < -0.4 is 10.1 Å². The molecule has 0 aromatic heterocycles. The van der Waals surface area contributed by atoms with Crippen LogP contribution in [-0.2, 0) is 4.79 Å². The van der Waals surface area contributed by atoms with Gasteiger partial charge in [0.25, 0.3) is 5.91 Å². The van der Waals surface area contributed by atoms with Gasteiger partial charge in [0.05, 0.1) is 0 Å². The van der Waals surface area contributed by atoms with Crippen molar-refractivity contribution in [1.29, 1.82) is 0 Å². The van der Waals surface area contributed by atoms with Crippen molar-refractivity contribution >= 4 is 11.9 Å². The first-order valence-electron chi connectivity index (χ1n) is 9.64. The molecule has 1 N–H and O–H groups in total. The molecule has 26 heavy (non-hydrogen) atoms. The first-order valence-corrected chi connectivity index (χ1v) is 9.64. The van der Waals surface area contributed by atoms with E-state index in [2.05, 4.69) is 5.32 Å². The summed E-state index contributed by atoms with van der Waals surface area (Å²) in [5, 5.41) is 3.14. The number of nitrogens with one attached hydrogen (secondary N) is 1. The van der Waals surface area contributed by atoms with Crippen LogP contribution in [0.3, 0.4) is 0 Å². The second kappa shape index (κ2) is 8.92. The minimum Gasteiger partial charge on any atom is -0.484 e. The highest BCUT2D eigenvalue weighted by atomic mass is 16.5. The topological polar surface area (TPSA) is 61.9 Å². The van der Waals surface area contributed by atoms with Crippen molar-refractivity contribution in [1.82, 2.24) is 15.1 Å². The number of carbonyl (C=O) groups excluding carboxylic acids is 2. The quantitative estimate of drug-likeness (QED) is 0.899. The second-order valence-electron chi connectivity index (χ2n) is 7.26. The molecular formula is C20H29N3O3. The Bertz CT molecular complexity index is 620. The second-order valence-corrected chi connectivity index (χ2v) is 7.26. The summed E-state index contributed by atoms with van der Waals surface area (Å²) in [7, 11) is 0. The number of aryl methyl sites for hydroxylation is 1. The number of hydrogen-bond acceptors (Lipinski definition) is 3. The highest BCUT2D eigenvalue weighted by Crippen LogP contribution is 2.18. The Balaban J connectivity index is 1.39. The Kier molecular flexibility index (Phi) is 6.36. The molecule has 1 saturated heterocycles. The Morgan fingerprint density at radius 3 is 2.46 bits per heavy atom. The molecule has 3 rings (SSSR count). The third-order valence-corrected chi connectivity index (χ3v) is 5.20. The maximum Gasteiger partial charge on any atom is 0.317 e. The van der Waals surface area contributed by atoms with Crippen LogP contribution in [-0.4, -0.2) is 60.6 Å². The van der Waals surface area contributed by atoms with E-state index in [9.17, 15) is 9.59 Å². The highest BCUT2D eigenvalue weighted by molar-refractivity contribution is 5.79. The van der Waals surface area contributed by atoms with Crippen LogP contribution in [0.2, 0.25) is 0 Å². The van der Waals surface area contributed by atoms with E-state index in [1.54, 1.807) is 4.90 Å². The van der Waals surface area contributed by atoms with E-state index in [4.69, 9.17) is 4.74 Å². The fourth-order valence-corrected chi connectivity index (χ4v) is 3.61. The van der Waals surface area contributed by atoms with Crippen molar-refractivity contribution in [3.8, 4) is 5.75 Å². The van der Waals surface area contributed by atoms with Gasteiger partial charge >= 0.3 is 6.03 Å². The number of piperazine rings is 1. The molecule has 0 spiro atoms. The number of benzene rings is 1. The molecule has 1 saturated carbocycles. The zero-order valence-electron chi connectivity index (χ0n) is 15.6. The molecule has 3 amide bonds. The molecule has 1 aliphatic heterocycles. The van der Waals surface area contributed by atoms with Gasteiger partial charge in [0.15, 0.2) is 6.61 Å². The zero-order valence-corrected chi connectivity index (χ0v) is 15.6. The number of amides is 3. The minimum atomic E-state index is -0.0288. The minimum absolute atomic E-state index is 0.0139. The average Bonchev–Trinajstić information content (AvgIpc) is 2.67. The van der Waals surface area contributed by atoms with Gasteiger partial charge in [-0.05, 0) is 37.5 Å². The summed E-state index contributed by atoms with van der Waals surface area (Å²) in [4.78, 5) is 28.3. The molecular weight excluding hydrogens is 330 g/mol. The van der Waals surface area contributed by atoms with Crippen LogP contribution in [0.15, 0.2) is 24.3 Å². The number of nitrogens with zero attached hydrogens (tertiary/aromatic N) is 2. The molecule has 0 bridgehead atoms. The molecule has 1 aliphatic carbocycles. The molecule has 2 aliphatic rings. The molecule has 6 heteroatoms. The normalized spacial score (nSPS) is 18.5. The lowest BCUT2D eigenvalue weighted by Crippen LogP contribution is -2.55. The SMILES string of the molecule is Cc1cccc(OCC(=O)N2CCN(C(=O)NC3CCCCC3)CC2)c1. The third-order valence-electron chi connectivity index (χ3n) is 5.20. The smallest absolute Gasteiger partial charge is 0.317 e. The van der Waals surface area contributed by atoms with Crippen molar-refractivity contribution < 1.29 is 14.3 Å². The van der Waals surface area contributed by atoms with E-state index < -0.39 is 0 Å². The van der Waals surface area contributed by atoms with Gasteiger partial charge < -0.3 is 19.9 Å². The molecule has 2 fully saturated rings. The van der Waals surface area contributed by atoms with Gasteiger partial charge in [0, 0.05) is 32.2 Å². The van der Waals surface area contributed by atoms with Gasteiger partial charge in [0.2, 0.25) is 0 Å². The Morgan fingerprint density at radius 2 is 1.77 bits per heavy atom. The van der Waals surface area contributed by atoms with Crippen molar-refractivity contribution in [3.05, 3.63) is 29.8 Å². The number of urea groups is 1. The molecule has 0 atom stereocenters. The van der Waals surface area contributed by atoms with Gasteiger partial charge in [0.1, 0.15) is 5.75 Å². The predicted molar refractivity (Wildman–Crippen MR) is 100 cm³/mol. The zero-order chi connectivity index (χ0) is 18.4. The highest BCUT2D eigenvalue weighted by Gasteiger charge is 2.26. The number of rotatable bonds is 4. The van der Waals surface area contributed by atoms with E-state index in [1.165, 1.54) is 19.3 Å². The van der Waals surface area contributed by atoms with Crippen LogP contribution in [0.1, 0.15) is 37.7 Å². The predicted octanol–water partition coefficient (Wildman–Crippen LogP) is 2.56. The summed E-state index contributed by atoms with van der Waals surface area (Å²) in [6.45, 7) is 4.32.